The summed E-state index contributed by atoms with van der Waals surface area (Å²) in [6, 6.07) is 14.6. The van der Waals surface area contributed by atoms with Crippen LogP contribution in [-0.2, 0) is 11.2 Å². The maximum Gasteiger partial charge on any atom is 0.225 e. The van der Waals surface area contributed by atoms with Crippen molar-refractivity contribution in [1.82, 2.24) is 0 Å². The first-order chi connectivity index (χ1) is 9.28. The lowest BCUT2D eigenvalue weighted by Crippen LogP contribution is -2.11. The van der Waals surface area contributed by atoms with Crippen LogP contribution in [0.5, 0.6) is 0 Å². The monoisotopic (exact) mass is 315 g/mol. The molecule has 1 aliphatic rings. The number of carbonyl (C=O) groups excluding carboxylic acids is 1. The molecule has 0 spiro atoms. The van der Waals surface area contributed by atoms with Gasteiger partial charge in [-0.05, 0) is 40.8 Å². The predicted octanol–water partition coefficient (Wildman–Crippen LogP) is 3.98. The van der Waals surface area contributed by atoms with E-state index in [1.165, 1.54) is 22.3 Å². The zero-order chi connectivity index (χ0) is 13.2. The molecule has 0 aliphatic heterocycles. The van der Waals surface area contributed by atoms with Gasteiger partial charge in [-0.1, -0.05) is 46.3 Å². The Morgan fingerprint density at radius 2 is 1.89 bits per heavy atom. The second-order valence-electron chi connectivity index (χ2n) is 4.69. The molecule has 0 radical (unpaired) electrons. The molecule has 0 unspecified atom stereocenters. The molecule has 1 aliphatic carbocycles. The average molecular weight is 316 g/mol. The van der Waals surface area contributed by atoms with E-state index in [1.807, 2.05) is 6.07 Å². The Kier molecular flexibility index (Phi) is 3.38. The summed E-state index contributed by atoms with van der Waals surface area (Å²) in [5.41, 5.74) is 6.14. The number of hydrogen-bond acceptors (Lipinski definition) is 1. The lowest BCUT2D eigenvalue weighted by atomic mass is 10.1. The van der Waals surface area contributed by atoms with E-state index in [0.29, 0.717) is 11.8 Å². The minimum Gasteiger partial charge on any atom is -0.326 e. The lowest BCUT2D eigenvalue weighted by Gasteiger charge is -2.07. The fraction of sp³-hybridized carbons (Fsp3) is 0.188. The molecule has 0 saturated heterocycles. The van der Waals surface area contributed by atoms with Crippen LogP contribution in [0.1, 0.15) is 17.5 Å². The standard InChI is InChI=1S/C16H14BrNO/c17-8-7-16(19)18-13-5-6-15-12(10-13)9-11-3-1-2-4-14(11)15/h1-6,10H,7-9H2,(H,18,19). The number of halogens is 1. The molecule has 2 aromatic carbocycles. The quantitative estimate of drug-likeness (QED) is 0.728. The van der Waals surface area contributed by atoms with Crippen molar-refractivity contribution in [2.24, 2.45) is 0 Å². The molecular formula is C16H14BrNO. The van der Waals surface area contributed by atoms with Crippen molar-refractivity contribution in [2.75, 3.05) is 10.6 Å². The summed E-state index contributed by atoms with van der Waals surface area (Å²) in [6.07, 6.45) is 1.45. The third kappa shape index (κ3) is 2.43. The van der Waals surface area contributed by atoms with Gasteiger partial charge in [0.15, 0.2) is 0 Å². The molecule has 0 heterocycles. The Labute approximate surface area is 121 Å². The highest BCUT2D eigenvalue weighted by molar-refractivity contribution is 9.09. The second kappa shape index (κ2) is 5.17. The minimum absolute atomic E-state index is 0.0485. The molecular weight excluding hydrogens is 302 g/mol. The van der Waals surface area contributed by atoms with Crippen LogP contribution in [0.3, 0.4) is 0 Å². The Balaban J connectivity index is 1.87. The van der Waals surface area contributed by atoms with Gasteiger partial charge < -0.3 is 5.32 Å². The molecule has 1 amide bonds. The van der Waals surface area contributed by atoms with Crippen molar-refractivity contribution in [1.29, 1.82) is 0 Å². The molecule has 1 N–H and O–H groups in total. The number of anilines is 1. The van der Waals surface area contributed by atoms with E-state index in [9.17, 15) is 4.79 Å². The van der Waals surface area contributed by atoms with E-state index in [0.717, 1.165) is 12.1 Å². The van der Waals surface area contributed by atoms with Gasteiger partial charge in [0.1, 0.15) is 0 Å². The van der Waals surface area contributed by atoms with Crippen LogP contribution in [0.15, 0.2) is 42.5 Å². The zero-order valence-corrected chi connectivity index (χ0v) is 12.0. The first-order valence-electron chi connectivity index (χ1n) is 6.35. The molecule has 19 heavy (non-hydrogen) atoms. The summed E-state index contributed by atoms with van der Waals surface area (Å²) in [4.78, 5) is 11.6. The summed E-state index contributed by atoms with van der Waals surface area (Å²) in [7, 11) is 0. The maximum absolute atomic E-state index is 11.6. The van der Waals surface area contributed by atoms with Crippen molar-refractivity contribution < 1.29 is 4.79 Å². The van der Waals surface area contributed by atoms with Crippen LogP contribution >= 0.6 is 15.9 Å². The van der Waals surface area contributed by atoms with Crippen molar-refractivity contribution >= 4 is 27.5 Å². The zero-order valence-electron chi connectivity index (χ0n) is 10.4. The van der Waals surface area contributed by atoms with Crippen molar-refractivity contribution in [3.8, 4) is 11.1 Å². The Bertz CT molecular complexity index is 636. The first-order valence-corrected chi connectivity index (χ1v) is 7.47. The predicted molar refractivity (Wildman–Crippen MR) is 81.7 cm³/mol. The van der Waals surface area contributed by atoms with E-state index >= 15 is 0 Å². The van der Waals surface area contributed by atoms with Gasteiger partial charge in [-0.25, -0.2) is 0 Å². The van der Waals surface area contributed by atoms with Gasteiger partial charge in [0.2, 0.25) is 5.91 Å². The first kappa shape index (κ1) is 12.4. The fourth-order valence-corrected chi connectivity index (χ4v) is 2.89. The number of nitrogens with one attached hydrogen (secondary N) is 1. The number of amides is 1. The smallest absolute Gasteiger partial charge is 0.225 e. The maximum atomic E-state index is 11.6. The van der Waals surface area contributed by atoms with Crippen LogP contribution in [0.4, 0.5) is 5.69 Å². The number of carbonyl (C=O) groups is 1. The third-order valence-corrected chi connectivity index (χ3v) is 3.80. The molecule has 3 heteroatoms. The number of rotatable bonds is 3. The van der Waals surface area contributed by atoms with Gasteiger partial charge in [0.25, 0.3) is 0 Å². The van der Waals surface area contributed by atoms with Gasteiger partial charge in [0, 0.05) is 17.4 Å². The van der Waals surface area contributed by atoms with Crippen molar-refractivity contribution in [3.05, 3.63) is 53.6 Å². The van der Waals surface area contributed by atoms with Gasteiger partial charge in [-0.2, -0.15) is 0 Å². The summed E-state index contributed by atoms with van der Waals surface area (Å²) in [5, 5.41) is 3.62. The van der Waals surface area contributed by atoms with Crippen molar-refractivity contribution in [3.63, 3.8) is 0 Å². The number of benzene rings is 2. The molecule has 2 aromatic rings. The minimum atomic E-state index is 0.0485. The Hall–Kier alpha value is -1.61. The molecule has 0 atom stereocenters. The van der Waals surface area contributed by atoms with Crippen LogP contribution in [0, 0.1) is 0 Å². The highest BCUT2D eigenvalue weighted by Crippen LogP contribution is 2.37. The van der Waals surface area contributed by atoms with Crippen LogP contribution in [0.25, 0.3) is 11.1 Å². The molecule has 3 rings (SSSR count). The van der Waals surface area contributed by atoms with E-state index in [-0.39, 0.29) is 5.91 Å². The highest BCUT2D eigenvalue weighted by atomic mass is 79.9. The van der Waals surface area contributed by atoms with Gasteiger partial charge >= 0.3 is 0 Å². The number of hydrogen-bond donors (Lipinski definition) is 1. The largest absolute Gasteiger partial charge is 0.326 e. The van der Waals surface area contributed by atoms with Crippen LogP contribution in [0.2, 0.25) is 0 Å². The van der Waals surface area contributed by atoms with E-state index in [2.05, 4.69) is 57.6 Å². The molecule has 96 valence electrons. The fourth-order valence-electron chi connectivity index (χ4n) is 2.53. The molecule has 0 fully saturated rings. The molecule has 0 bridgehead atoms. The Morgan fingerprint density at radius 3 is 2.74 bits per heavy atom. The van der Waals surface area contributed by atoms with E-state index < -0.39 is 0 Å². The molecule has 2 nitrogen and oxygen atoms in total. The highest BCUT2D eigenvalue weighted by Gasteiger charge is 2.17. The van der Waals surface area contributed by atoms with Gasteiger partial charge in [-0.15, -0.1) is 0 Å². The normalized spacial score (nSPS) is 11.8. The van der Waals surface area contributed by atoms with Gasteiger partial charge in [-0.3, -0.25) is 4.79 Å². The third-order valence-electron chi connectivity index (χ3n) is 3.40. The number of fused-ring (bicyclic) bond motifs is 3. The molecule has 0 saturated carbocycles. The van der Waals surface area contributed by atoms with Gasteiger partial charge in [0.05, 0.1) is 0 Å². The molecule has 0 aromatic heterocycles. The van der Waals surface area contributed by atoms with E-state index in [4.69, 9.17) is 0 Å². The van der Waals surface area contributed by atoms with Crippen LogP contribution in [-0.4, -0.2) is 11.2 Å². The SMILES string of the molecule is O=C(CCBr)Nc1ccc2c(c1)Cc1ccccc1-2. The van der Waals surface area contributed by atoms with Crippen molar-refractivity contribution in [2.45, 2.75) is 12.8 Å². The summed E-state index contributed by atoms with van der Waals surface area (Å²) in [5.74, 6) is 0.0485. The summed E-state index contributed by atoms with van der Waals surface area (Å²) in [6.45, 7) is 0. The average Bonchev–Trinajstić information content (AvgIpc) is 2.76. The second-order valence-corrected chi connectivity index (χ2v) is 5.49. The Morgan fingerprint density at radius 1 is 1.11 bits per heavy atom. The topological polar surface area (TPSA) is 29.1 Å². The summed E-state index contributed by atoms with van der Waals surface area (Å²) >= 11 is 3.27. The van der Waals surface area contributed by atoms with E-state index in [1.54, 1.807) is 0 Å². The number of alkyl halides is 1. The van der Waals surface area contributed by atoms with Crippen LogP contribution < -0.4 is 5.32 Å². The summed E-state index contributed by atoms with van der Waals surface area (Å²) < 4.78 is 0. The lowest BCUT2D eigenvalue weighted by molar-refractivity contribution is -0.115.